The Morgan fingerprint density at radius 3 is 2.75 bits per heavy atom. The Hall–Kier alpha value is -1.89. The first-order valence-corrected chi connectivity index (χ1v) is 11.0. The summed E-state index contributed by atoms with van der Waals surface area (Å²) in [7, 11) is 0. The maximum atomic E-state index is 12.7. The van der Waals surface area contributed by atoms with Gasteiger partial charge in [-0.25, -0.2) is 4.79 Å². The summed E-state index contributed by atoms with van der Waals surface area (Å²) in [4.78, 5) is 13.9. The van der Waals surface area contributed by atoms with E-state index >= 15 is 0 Å². The molecular formula is C22H30N2O3S. The Morgan fingerprint density at radius 2 is 2.00 bits per heavy atom. The smallest absolute Gasteiger partial charge is 0.319 e. The molecule has 1 atom stereocenters. The van der Waals surface area contributed by atoms with Crippen LogP contribution in [0.1, 0.15) is 49.1 Å². The van der Waals surface area contributed by atoms with Crippen LogP contribution in [0, 0.1) is 5.92 Å². The van der Waals surface area contributed by atoms with Crippen LogP contribution in [0.3, 0.4) is 0 Å². The summed E-state index contributed by atoms with van der Waals surface area (Å²) in [5.41, 5.74) is 1.81. The summed E-state index contributed by atoms with van der Waals surface area (Å²) in [6.07, 6.45) is 4.86. The lowest BCUT2D eigenvalue weighted by atomic mass is 9.97. The van der Waals surface area contributed by atoms with Crippen molar-refractivity contribution >= 4 is 23.1 Å². The van der Waals surface area contributed by atoms with Crippen LogP contribution >= 0.6 is 11.3 Å². The minimum atomic E-state index is -0.153. The second-order valence-electron chi connectivity index (χ2n) is 7.09. The number of anilines is 1. The lowest BCUT2D eigenvalue weighted by Gasteiger charge is -2.24. The highest BCUT2D eigenvalue weighted by molar-refractivity contribution is 7.10. The van der Waals surface area contributed by atoms with Gasteiger partial charge in [-0.3, -0.25) is 0 Å². The second-order valence-corrected chi connectivity index (χ2v) is 8.07. The second kappa shape index (κ2) is 11.2. The summed E-state index contributed by atoms with van der Waals surface area (Å²) in [6.45, 7) is 4.34. The van der Waals surface area contributed by atoms with Crippen molar-refractivity contribution in [2.45, 2.75) is 45.3 Å². The van der Waals surface area contributed by atoms with Gasteiger partial charge in [0.15, 0.2) is 0 Å². The molecule has 1 aromatic carbocycles. The van der Waals surface area contributed by atoms with Crippen molar-refractivity contribution in [3.63, 3.8) is 0 Å². The fourth-order valence-electron chi connectivity index (χ4n) is 3.68. The number of thiophene rings is 1. The van der Waals surface area contributed by atoms with E-state index in [0.717, 1.165) is 11.3 Å². The van der Waals surface area contributed by atoms with Crippen LogP contribution in [-0.4, -0.2) is 25.9 Å². The van der Waals surface area contributed by atoms with Gasteiger partial charge in [0.05, 0.1) is 25.9 Å². The Kier molecular flexibility index (Phi) is 8.33. The molecule has 2 amide bonds. The molecule has 1 aromatic heterocycles. The van der Waals surface area contributed by atoms with Crippen LogP contribution in [0.5, 0.6) is 0 Å². The van der Waals surface area contributed by atoms with E-state index in [2.05, 4.69) is 28.1 Å². The molecule has 0 bridgehead atoms. The van der Waals surface area contributed by atoms with Crippen molar-refractivity contribution in [1.82, 2.24) is 5.32 Å². The number of carbonyl (C=O) groups is 1. The normalized spacial score (nSPS) is 15.5. The predicted octanol–water partition coefficient (Wildman–Crippen LogP) is 5.35. The molecule has 1 fully saturated rings. The minimum absolute atomic E-state index is 0.0904. The first kappa shape index (κ1) is 20.8. The summed E-state index contributed by atoms with van der Waals surface area (Å²) < 4.78 is 10.9. The average Bonchev–Trinajstić information content (AvgIpc) is 3.40. The van der Waals surface area contributed by atoms with Crippen LogP contribution in [0.15, 0.2) is 41.8 Å². The molecule has 3 rings (SSSR count). The van der Waals surface area contributed by atoms with Gasteiger partial charge in [0.1, 0.15) is 0 Å². The van der Waals surface area contributed by atoms with Crippen LogP contribution in [0.2, 0.25) is 0 Å². The molecule has 0 radical (unpaired) electrons. The van der Waals surface area contributed by atoms with E-state index in [-0.39, 0.29) is 12.1 Å². The zero-order valence-corrected chi connectivity index (χ0v) is 17.3. The van der Waals surface area contributed by atoms with E-state index in [4.69, 9.17) is 9.47 Å². The number of carbonyl (C=O) groups excluding carboxylic acids is 1. The molecule has 0 aliphatic heterocycles. The minimum Gasteiger partial charge on any atom is -0.379 e. The zero-order valence-electron chi connectivity index (χ0n) is 16.5. The fourth-order valence-corrected chi connectivity index (χ4v) is 4.55. The number of nitrogens with one attached hydrogen (secondary N) is 2. The van der Waals surface area contributed by atoms with E-state index in [1.165, 1.54) is 30.6 Å². The van der Waals surface area contributed by atoms with Gasteiger partial charge in [-0.1, -0.05) is 31.0 Å². The molecule has 152 valence electrons. The number of hydrogen-bond donors (Lipinski definition) is 2. The zero-order chi connectivity index (χ0) is 19.6. The van der Waals surface area contributed by atoms with Crippen molar-refractivity contribution in [2.24, 2.45) is 5.92 Å². The molecule has 1 unspecified atom stereocenters. The summed E-state index contributed by atoms with van der Waals surface area (Å²) in [5.74, 6) is 0.523. The fraction of sp³-hybridized carbons (Fsp3) is 0.500. The van der Waals surface area contributed by atoms with Gasteiger partial charge in [0.2, 0.25) is 0 Å². The maximum Gasteiger partial charge on any atom is 0.319 e. The van der Waals surface area contributed by atoms with Crippen LogP contribution in [-0.2, 0) is 16.1 Å². The molecule has 2 N–H and O–H groups in total. The standard InChI is InChI=1S/C22H30N2O3S/c1-2-26-12-13-27-16-17-7-5-10-19(15-17)23-22(25)24-21(18-8-3-4-9-18)20-11-6-14-28-20/h5-7,10-11,14-15,18,21H,2-4,8-9,12-13,16H2,1H3,(H2,23,24,25). The third kappa shape index (κ3) is 6.33. The number of amides is 2. The number of benzene rings is 1. The Bertz CT molecular complexity index is 714. The first-order chi connectivity index (χ1) is 13.8. The van der Waals surface area contributed by atoms with Gasteiger partial charge < -0.3 is 20.1 Å². The maximum absolute atomic E-state index is 12.7. The van der Waals surface area contributed by atoms with Crippen molar-refractivity contribution in [3.8, 4) is 0 Å². The summed E-state index contributed by atoms with van der Waals surface area (Å²) in [5, 5.41) is 8.27. The van der Waals surface area contributed by atoms with E-state index in [0.29, 0.717) is 32.3 Å². The van der Waals surface area contributed by atoms with E-state index in [1.54, 1.807) is 11.3 Å². The molecule has 1 aliphatic rings. The molecule has 0 saturated heterocycles. The van der Waals surface area contributed by atoms with Gasteiger partial charge in [0, 0.05) is 17.2 Å². The Balaban J connectivity index is 1.54. The summed E-state index contributed by atoms with van der Waals surface area (Å²) >= 11 is 1.71. The molecule has 1 heterocycles. The van der Waals surface area contributed by atoms with Crippen molar-refractivity contribution in [2.75, 3.05) is 25.1 Å². The molecule has 6 heteroatoms. The SMILES string of the molecule is CCOCCOCc1cccc(NC(=O)NC(c2cccs2)C2CCCC2)c1. The molecule has 5 nitrogen and oxygen atoms in total. The number of urea groups is 1. The van der Waals surface area contributed by atoms with E-state index in [1.807, 2.05) is 31.2 Å². The topological polar surface area (TPSA) is 59.6 Å². The van der Waals surface area contributed by atoms with Gasteiger partial charge in [-0.05, 0) is 54.8 Å². The molecule has 1 aliphatic carbocycles. The third-order valence-electron chi connectivity index (χ3n) is 5.04. The highest BCUT2D eigenvalue weighted by atomic mass is 32.1. The Labute approximate surface area is 171 Å². The molecule has 2 aromatic rings. The van der Waals surface area contributed by atoms with Crippen molar-refractivity contribution in [1.29, 1.82) is 0 Å². The predicted molar refractivity (Wildman–Crippen MR) is 114 cm³/mol. The summed E-state index contributed by atoms with van der Waals surface area (Å²) in [6, 6.07) is 11.9. The quantitative estimate of drug-likeness (QED) is 0.526. The van der Waals surface area contributed by atoms with Crippen LogP contribution < -0.4 is 10.6 Å². The van der Waals surface area contributed by atoms with E-state index < -0.39 is 0 Å². The van der Waals surface area contributed by atoms with Crippen molar-refractivity contribution < 1.29 is 14.3 Å². The molecule has 0 spiro atoms. The number of ether oxygens (including phenoxy) is 2. The van der Waals surface area contributed by atoms with Gasteiger partial charge >= 0.3 is 6.03 Å². The largest absolute Gasteiger partial charge is 0.379 e. The Morgan fingerprint density at radius 1 is 1.18 bits per heavy atom. The number of rotatable bonds is 10. The van der Waals surface area contributed by atoms with Gasteiger partial charge in [-0.2, -0.15) is 0 Å². The van der Waals surface area contributed by atoms with Gasteiger partial charge in [-0.15, -0.1) is 11.3 Å². The monoisotopic (exact) mass is 402 g/mol. The highest BCUT2D eigenvalue weighted by Crippen LogP contribution is 2.37. The number of hydrogen-bond acceptors (Lipinski definition) is 4. The lowest BCUT2D eigenvalue weighted by Crippen LogP contribution is -2.35. The molecule has 28 heavy (non-hydrogen) atoms. The van der Waals surface area contributed by atoms with Crippen LogP contribution in [0.4, 0.5) is 10.5 Å². The molecular weight excluding hydrogens is 372 g/mol. The average molecular weight is 403 g/mol. The lowest BCUT2D eigenvalue weighted by molar-refractivity contribution is 0.0453. The van der Waals surface area contributed by atoms with Crippen molar-refractivity contribution in [3.05, 3.63) is 52.2 Å². The van der Waals surface area contributed by atoms with E-state index in [9.17, 15) is 4.79 Å². The third-order valence-corrected chi connectivity index (χ3v) is 5.99. The van der Waals surface area contributed by atoms with Crippen LogP contribution in [0.25, 0.3) is 0 Å². The highest BCUT2D eigenvalue weighted by Gasteiger charge is 2.28. The first-order valence-electron chi connectivity index (χ1n) is 10.1. The molecule has 1 saturated carbocycles. The van der Waals surface area contributed by atoms with Gasteiger partial charge in [0.25, 0.3) is 0 Å².